The first-order valence-corrected chi connectivity index (χ1v) is 8.42. The predicted octanol–water partition coefficient (Wildman–Crippen LogP) is 3.71. The number of nitrogens with two attached hydrogens (primary N) is 1. The number of hydrogen-bond donors (Lipinski definition) is 3. The van der Waals surface area contributed by atoms with E-state index in [-0.39, 0.29) is 10.6 Å². The number of fused-ring (bicyclic) bond motifs is 1. The average Bonchev–Trinajstić information content (AvgIpc) is 2.88. The largest absolute Gasteiger partial charge is 0.364 e. The molecule has 0 spiro atoms. The normalized spacial score (nSPS) is 12.3. The molecule has 1 amide bonds. The quantitative estimate of drug-likeness (QED) is 0.656. The van der Waals surface area contributed by atoms with E-state index in [1.54, 1.807) is 42.5 Å². The van der Waals surface area contributed by atoms with Crippen LogP contribution in [0.25, 0.3) is 10.9 Å². The summed E-state index contributed by atoms with van der Waals surface area (Å²) in [6, 6.07) is 11.9. The van der Waals surface area contributed by atoms with Gasteiger partial charge in [0.25, 0.3) is 5.91 Å². The zero-order valence-corrected chi connectivity index (χ0v) is 13.9. The highest BCUT2D eigenvalue weighted by Gasteiger charge is 2.21. The summed E-state index contributed by atoms with van der Waals surface area (Å²) in [5, 5.41) is 1.44. The number of halogens is 2. The van der Waals surface area contributed by atoms with E-state index in [1.165, 1.54) is 0 Å². The number of primary amides is 1. The molecule has 0 saturated heterocycles. The van der Waals surface area contributed by atoms with E-state index in [0.29, 0.717) is 26.6 Å². The summed E-state index contributed by atoms with van der Waals surface area (Å²) in [6.07, 6.45) is 0. The fourth-order valence-electron chi connectivity index (χ4n) is 2.20. The average molecular weight is 368 g/mol. The molecule has 1 heterocycles. The molecule has 0 aliphatic rings. The van der Waals surface area contributed by atoms with Crippen LogP contribution in [-0.2, 0) is 11.0 Å². The van der Waals surface area contributed by atoms with Crippen LogP contribution in [0.3, 0.4) is 0 Å². The molecule has 3 aromatic rings. The van der Waals surface area contributed by atoms with Gasteiger partial charge in [-0.2, -0.15) is 0 Å². The van der Waals surface area contributed by atoms with Crippen LogP contribution in [0.15, 0.2) is 47.4 Å². The minimum absolute atomic E-state index is 0.0696. The fraction of sp³-hybridized carbons (Fsp3) is 0. The fourth-order valence-corrected chi connectivity index (χ4v) is 3.80. The molecular formula is C15H11Cl2N3O2S. The number of H-pyrrole nitrogens is 1. The third-order valence-electron chi connectivity index (χ3n) is 3.22. The number of aromatic nitrogens is 1. The number of hydrogen-bond acceptors (Lipinski definition) is 2. The summed E-state index contributed by atoms with van der Waals surface area (Å²) in [5.74, 6) is -0.707. The SMILES string of the molecule is NC(=O)c1[nH]c2ccc(Cl)cc2c1S(=O)Nc1ccccc1Cl. The Labute approximate surface area is 144 Å². The zero-order chi connectivity index (χ0) is 16.6. The zero-order valence-electron chi connectivity index (χ0n) is 11.6. The van der Waals surface area contributed by atoms with Crippen molar-refractivity contribution in [3.63, 3.8) is 0 Å². The van der Waals surface area contributed by atoms with Crippen LogP contribution in [0, 0.1) is 0 Å². The Morgan fingerprint density at radius 2 is 1.91 bits per heavy atom. The van der Waals surface area contributed by atoms with Gasteiger partial charge in [0.15, 0.2) is 11.0 Å². The molecule has 5 nitrogen and oxygen atoms in total. The highest BCUT2D eigenvalue weighted by Crippen LogP contribution is 2.30. The number of para-hydroxylation sites is 1. The van der Waals surface area contributed by atoms with Crippen LogP contribution >= 0.6 is 23.2 Å². The number of benzene rings is 2. The highest BCUT2D eigenvalue weighted by atomic mass is 35.5. The van der Waals surface area contributed by atoms with E-state index in [4.69, 9.17) is 28.9 Å². The molecule has 2 aromatic carbocycles. The lowest BCUT2D eigenvalue weighted by Crippen LogP contribution is -2.16. The standard InChI is InChI=1S/C15H11Cl2N3O2S/c16-8-5-6-11-9(7-8)14(13(19-11)15(18)21)23(22)20-12-4-2-1-3-10(12)17/h1-7,19-20H,(H2,18,21). The molecule has 0 saturated carbocycles. The highest BCUT2D eigenvalue weighted by molar-refractivity contribution is 7.86. The van der Waals surface area contributed by atoms with Gasteiger partial charge in [0.1, 0.15) is 5.69 Å². The second-order valence-corrected chi connectivity index (χ2v) is 6.73. The molecule has 1 atom stereocenters. The molecule has 0 bridgehead atoms. The van der Waals surface area contributed by atoms with Crippen LogP contribution < -0.4 is 10.5 Å². The van der Waals surface area contributed by atoms with Crippen molar-refractivity contribution in [3.05, 3.63) is 58.2 Å². The molecule has 0 aliphatic carbocycles. The molecule has 1 aromatic heterocycles. The summed E-state index contributed by atoms with van der Waals surface area (Å²) < 4.78 is 15.5. The van der Waals surface area contributed by atoms with Gasteiger partial charge >= 0.3 is 0 Å². The van der Waals surface area contributed by atoms with E-state index < -0.39 is 16.9 Å². The Bertz CT molecular complexity index is 940. The predicted molar refractivity (Wildman–Crippen MR) is 93.3 cm³/mol. The molecule has 1 unspecified atom stereocenters. The van der Waals surface area contributed by atoms with Crippen molar-refractivity contribution in [1.29, 1.82) is 0 Å². The number of nitrogens with one attached hydrogen (secondary N) is 2. The van der Waals surface area contributed by atoms with Crippen LogP contribution in [0.4, 0.5) is 5.69 Å². The van der Waals surface area contributed by atoms with Crippen molar-refractivity contribution in [2.75, 3.05) is 4.72 Å². The van der Waals surface area contributed by atoms with Crippen LogP contribution in [0.5, 0.6) is 0 Å². The topological polar surface area (TPSA) is 88.0 Å². The van der Waals surface area contributed by atoms with Gasteiger partial charge in [0.2, 0.25) is 0 Å². The number of rotatable bonds is 4. The molecule has 0 radical (unpaired) electrons. The minimum Gasteiger partial charge on any atom is -0.364 e. The van der Waals surface area contributed by atoms with Gasteiger partial charge in [0, 0.05) is 15.9 Å². The molecule has 0 fully saturated rings. The number of amides is 1. The molecule has 0 aliphatic heterocycles. The van der Waals surface area contributed by atoms with E-state index in [2.05, 4.69) is 9.71 Å². The van der Waals surface area contributed by atoms with Crippen LogP contribution in [0.1, 0.15) is 10.5 Å². The van der Waals surface area contributed by atoms with Crippen molar-refractivity contribution in [2.45, 2.75) is 4.90 Å². The number of aromatic amines is 1. The first kappa shape index (κ1) is 15.9. The molecule has 3 rings (SSSR count). The van der Waals surface area contributed by atoms with Gasteiger partial charge in [-0.25, -0.2) is 4.21 Å². The maximum absolute atomic E-state index is 12.7. The Morgan fingerprint density at radius 3 is 2.61 bits per heavy atom. The minimum atomic E-state index is -1.75. The van der Waals surface area contributed by atoms with Crippen molar-refractivity contribution < 1.29 is 9.00 Å². The molecular weight excluding hydrogens is 357 g/mol. The maximum atomic E-state index is 12.7. The Morgan fingerprint density at radius 1 is 1.17 bits per heavy atom. The Balaban J connectivity index is 2.12. The maximum Gasteiger partial charge on any atom is 0.266 e. The monoisotopic (exact) mass is 367 g/mol. The summed E-state index contributed by atoms with van der Waals surface area (Å²) in [7, 11) is -1.75. The first-order chi connectivity index (χ1) is 11.0. The van der Waals surface area contributed by atoms with Crippen molar-refractivity contribution in [3.8, 4) is 0 Å². The van der Waals surface area contributed by atoms with Gasteiger partial charge in [0.05, 0.1) is 15.6 Å². The van der Waals surface area contributed by atoms with E-state index >= 15 is 0 Å². The summed E-state index contributed by atoms with van der Waals surface area (Å²) in [4.78, 5) is 14.8. The smallest absolute Gasteiger partial charge is 0.266 e. The number of anilines is 1. The molecule has 4 N–H and O–H groups in total. The van der Waals surface area contributed by atoms with E-state index in [1.807, 2.05) is 0 Å². The lowest BCUT2D eigenvalue weighted by Gasteiger charge is -2.08. The third-order valence-corrected chi connectivity index (χ3v) is 4.99. The van der Waals surface area contributed by atoms with Gasteiger partial charge < -0.3 is 10.7 Å². The van der Waals surface area contributed by atoms with Gasteiger partial charge in [-0.05, 0) is 30.3 Å². The Kier molecular flexibility index (Phi) is 4.30. The second kappa shape index (κ2) is 6.23. The van der Waals surface area contributed by atoms with Crippen molar-refractivity contribution in [2.24, 2.45) is 5.73 Å². The van der Waals surface area contributed by atoms with Gasteiger partial charge in [-0.3, -0.25) is 9.52 Å². The van der Waals surface area contributed by atoms with Gasteiger partial charge in [-0.1, -0.05) is 35.3 Å². The molecule has 8 heteroatoms. The first-order valence-electron chi connectivity index (χ1n) is 6.51. The van der Waals surface area contributed by atoms with Crippen molar-refractivity contribution in [1.82, 2.24) is 4.98 Å². The number of carbonyl (C=O) groups is 1. The summed E-state index contributed by atoms with van der Waals surface area (Å²) in [6.45, 7) is 0. The summed E-state index contributed by atoms with van der Waals surface area (Å²) >= 11 is 12.1. The van der Waals surface area contributed by atoms with Crippen molar-refractivity contribution >= 4 is 56.7 Å². The summed E-state index contributed by atoms with van der Waals surface area (Å²) in [5.41, 5.74) is 6.56. The lowest BCUT2D eigenvalue weighted by atomic mass is 10.2. The van der Waals surface area contributed by atoms with Crippen LogP contribution in [-0.4, -0.2) is 15.1 Å². The van der Waals surface area contributed by atoms with E-state index in [0.717, 1.165) is 0 Å². The van der Waals surface area contributed by atoms with E-state index in [9.17, 15) is 9.00 Å². The van der Waals surface area contributed by atoms with Crippen LogP contribution in [0.2, 0.25) is 10.0 Å². The molecule has 118 valence electrons. The Hall–Kier alpha value is -2.02. The molecule has 23 heavy (non-hydrogen) atoms. The third kappa shape index (κ3) is 3.06. The number of carbonyl (C=O) groups excluding carboxylic acids is 1. The second-order valence-electron chi connectivity index (χ2n) is 4.73. The lowest BCUT2D eigenvalue weighted by molar-refractivity contribution is 0.0993. The van der Waals surface area contributed by atoms with Gasteiger partial charge in [-0.15, -0.1) is 0 Å².